The maximum absolute atomic E-state index is 6.11. The molecule has 1 saturated heterocycles. The smallest absolute Gasteiger partial charge is 0.232 e. The van der Waals surface area contributed by atoms with Gasteiger partial charge in [-0.2, -0.15) is 0 Å². The second-order valence-electron chi connectivity index (χ2n) is 5.00. The SMILES string of the molecule is CC1(C)CNCCC1Oc1ncc(Br)cc1Cl. The van der Waals surface area contributed by atoms with Gasteiger partial charge in [-0.15, -0.1) is 0 Å². The zero-order valence-corrected chi connectivity index (χ0v) is 12.3. The number of halogens is 2. The molecule has 0 aromatic carbocycles. The highest BCUT2D eigenvalue weighted by atomic mass is 79.9. The Morgan fingerprint density at radius 2 is 2.35 bits per heavy atom. The molecule has 1 aliphatic heterocycles. The van der Waals surface area contributed by atoms with Gasteiger partial charge in [-0.25, -0.2) is 4.98 Å². The van der Waals surface area contributed by atoms with Gasteiger partial charge in [0.1, 0.15) is 11.1 Å². The third-order valence-corrected chi connectivity index (χ3v) is 3.77. The van der Waals surface area contributed by atoms with Gasteiger partial charge >= 0.3 is 0 Å². The lowest BCUT2D eigenvalue weighted by Gasteiger charge is -2.38. The van der Waals surface area contributed by atoms with E-state index >= 15 is 0 Å². The van der Waals surface area contributed by atoms with E-state index in [1.54, 1.807) is 12.3 Å². The van der Waals surface area contributed by atoms with Crippen LogP contribution in [0.3, 0.4) is 0 Å². The Labute approximate surface area is 115 Å². The van der Waals surface area contributed by atoms with E-state index in [2.05, 4.69) is 40.1 Å². The topological polar surface area (TPSA) is 34.1 Å². The van der Waals surface area contributed by atoms with Crippen LogP contribution in [0.25, 0.3) is 0 Å². The van der Waals surface area contributed by atoms with Crippen molar-refractivity contribution < 1.29 is 4.74 Å². The van der Waals surface area contributed by atoms with Gasteiger partial charge in [0.25, 0.3) is 0 Å². The summed E-state index contributed by atoms with van der Waals surface area (Å²) < 4.78 is 6.81. The van der Waals surface area contributed by atoms with Crippen molar-refractivity contribution in [3.05, 3.63) is 21.8 Å². The molecule has 5 heteroatoms. The van der Waals surface area contributed by atoms with Crippen molar-refractivity contribution in [1.82, 2.24) is 10.3 Å². The summed E-state index contributed by atoms with van der Waals surface area (Å²) in [5.41, 5.74) is 0.0936. The molecule has 3 nitrogen and oxygen atoms in total. The molecule has 17 heavy (non-hydrogen) atoms. The van der Waals surface area contributed by atoms with Crippen molar-refractivity contribution in [2.75, 3.05) is 13.1 Å². The molecule has 2 rings (SSSR count). The number of ether oxygens (including phenoxy) is 1. The van der Waals surface area contributed by atoms with Gasteiger partial charge in [-0.1, -0.05) is 25.4 Å². The molecule has 0 amide bonds. The summed E-state index contributed by atoms with van der Waals surface area (Å²) in [4.78, 5) is 4.22. The lowest BCUT2D eigenvalue weighted by atomic mass is 9.82. The number of nitrogens with zero attached hydrogens (tertiary/aromatic N) is 1. The maximum Gasteiger partial charge on any atom is 0.232 e. The second-order valence-corrected chi connectivity index (χ2v) is 6.32. The minimum absolute atomic E-state index is 0.0936. The van der Waals surface area contributed by atoms with E-state index in [-0.39, 0.29) is 11.5 Å². The van der Waals surface area contributed by atoms with Crippen LogP contribution >= 0.6 is 27.5 Å². The number of nitrogens with one attached hydrogen (secondary N) is 1. The van der Waals surface area contributed by atoms with Crippen LogP contribution in [0.4, 0.5) is 0 Å². The number of hydrogen-bond donors (Lipinski definition) is 1. The minimum Gasteiger partial charge on any atom is -0.473 e. The highest BCUT2D eigenvalue weighted by molar-refractivity contribution is 9.10. The average molecular weight is 320 g/mol. The molecule has 0 saturated carbocycles. The van der Waals surface area contributed by atoms with Crippen molar-refractivity contribution in [3.8, 4) is 5.88 Å². The van der Waals surface area contributed by atoms with E-state index in [4.69, 9.17) is 16.3 Å². The largest absolute Gasteiger partial charge is 0.473 e. The Hall–Kier alpha value is -0.320. The van der Waals surface area contributed by atoms with Crippen molar-refractivity contribution in [3.63, 3.8) is 0 Å². The summed E-state index contributed by atoms with van der Waals surface area (Å²) in [6.07, 6.45) is 2.83. The summed E-state index contributed by atoms with van der Waals surface area (Å²) in [6, 6.07) is 1.80. The van der Waals surface area contributed by atoms with Gasteiger partial charge in [-0.05, 0) is 35.0 Å². The maximum atomic E-state index is 6.11. The first-order valence-corrected chi connectivity index (χ1v) is 6.84. The van der Waals surface area contributed by atoms with Crippen molar-refractivity contribution in [2.24, 2.45) is 5.41 Å². The fourth-order valence-electron chi connectivity index (χ4n) is 1.99. The fraction of sp³-hybridized carbons (Fsp3) is 0.583. The highest BCUT2D eigenvalue weighted by Crippen LogP contribution is 2.32. The van der Waals surface area contributed by atoms with Gasteiger partial charge < -0.3 is 10.1 Å². The predicted molar refractivity (Wildman–Crippen MR) is 72.6 cm³/mol. The Kier molecular flexibility index (Phi) is 3.95. The Morgan fingerprint density at radius 1 is 1.59 bits per heavy atom. The van der Waals surface area contributed by atoms with Crippen LogP contribution in [-0.4, -0.2) is 24.2 Å². The van der Waals surface area contributed by atoms with Crippen molar-refractivity contribution in [2.45, 2.75) is 26.4 Å². The Bertz CT molecular complexity index is 411. The van der Waals surface area contributed by atoms with E-state index in [0.29, 0.717) is 10.9 Å². The third-order valence-electron chi connectivity index (χ3n) is 3.06. The summed E-state index contributed by atoms with van der Waals surface area (Å²) in [6.45, 7) is 6.31. The van der Waals surface area contributed by atoms with Gasteiger partial charge in [-0.3, -0.25) is 0 Å². The molecule has 0 aliphatic carbocycles. The molecule has 0 radical (unpaired) electrons. The van der Waals surface area contributed by atoms with Gasteiger partial charge in [0.2, 0.25) is 5.88 Å². The van der Waals surface area contributed by atoms with Gasteiger partial charge in [0.05, 0.1) is 0 Å². The normalized spacial score (nSPS) is 23.4. The van der Waals surface area contributed by atoms with Crippen LogP contribution in [0.2, 0.25) is 5.02 Å². The molecular formula is C12H16BrClN2O. The first-order chi connectivity index (χ1) is 7.99. The Balaban J connectivity index is 2.14. The molecule has 1 atom stereocenters. The third kappa shape index (κ3) is 3.12. The quantitative estimate of drug-likeness (QED) is 0.908. The lowest BCUT2D eigenvalue weighted by Crippen LogP contribution is -2.48. The number of hydrogen-bond acceptors (Lipinski definition) is 3. The molecule has 1 aromatic heterocycles. The monoisotopic (exact) mass is 318 g/mol. The standard InChI is InChI=1S/C12H16BrClN2O/c1-12(2)7-15-4-3-10(12)17-11-9(14)5-8(13)6-16-11/h5-6,10,15H,3-4,7H2,1-2H3. The molecule has 0 spiro atoms. The van der Waals surface area contributed by atoms with Crippen LogP contribution in [0.5, 0.6) is 5.88 Å². The average Bonchev–Trinajstić information content (AvgIpc) is 2.24. The minimum atomic E-state index is 0.0936. The molecule has 1 N–H and O–H groups in total. The summed E-state index contributed by atoms with van der Waals surface area (Å²) in [5, 5.41) is 3.92. The van der Waals surface area contributed by atoms with Crippen LogP contribution in [0, 0.1) is 5.41 Å². The van der Waals surface area contributed by atoms with Crippen LogP contribution in [0.1, 0.15) is 20.3 Å². The number of rotatable bonds is 2. The molecule has 0 bridgehead atoms. The number of aromatic nitrogens is 1. The second kappa shape index (κ2) is 5.12. The van der Waals surface area contributed by atoms with E-state index < -0.39 is 0 Å². The van der Waals surface area contributed by atoms with E-state index in [0.717, 1.165) is 24.0 Å². The summed E-state index contributed by atoms with van der Waals surface area (Å²) in [5.74, 6) is 0.523. The molecule has 1 aromatic rings. The fourth-order valence-corrected chi connectivity index (χ4v) is 2.66. The summed E-state index contributed by atoms with van der Waals surface area (Å²) in [7, 11) is 0. The van der Waals surface area contributed by atoms with Crippen LogP contribution in [-0.2, 0) is 0 Å². The first-order valence-electron chi connectivity index (χ1n) is 5.67. The molecular weight excluding hydrogens is 304 g/mol. The van der Waals surface area contributed by atoms with Crippen molar-refractivity contribution >= 4 is 27.5 Å². The molecule has 1 unspecified atom stereocenters. The van der Waals surface area contributed by atoms with Crippen LogP contribution in [0.15, 0.2) is 16.7 Å². The molecule has 1 fully saturated rings. The lowest BCUT2D eigenvalue weighted by molar-refractivity contribution is 0.0415. The number of piperidine rings is 1. The van der Waals surface area contributed by atoms with Crippen molar-refractivity contribution in [1.29, 1.82) is 0 Å². The highest BCUT2D eigenvalue weighted by Gasteiger charge is 2.34. The van der Waals surface area contributed by atoms with E-state index in [1.165, 1.54) is 0 Å². The molecule has 94 valence electrons. The zero-order valence-electron chi connectivity index (χ0n) is 9.96. The predicted octanol–water partition coefficient (Wildman–Crippen LogP) is 3.26. The van der Waals surface area contributed by atoms with E-state index in [9.17, 15) is 0 Å². The van der Waals surface area contributed by atoms with Gasteiger partial charge in [0, 0.05) is 22.6 Å². The summed E-state index contributed by atoms with van der Waals surface area (Å²) >= 11 is 9.44. The van der Waals surface area contributed by atoms with Gasteiger partial charge in [0.15, 0.2) is 0 Å². The van der Waals surface area contributed by atoms with Crippen LogP contribution < -0.4 is 10.1 Å². The first kappa shape index (κ1) is 13.1. The zero-order chi connectivity index (χ0) is 12.5. The Morgan fingerprint density at radius 3 is 3.00 bits per heavy atom. The molecule has 2 heterocycles. The molecule has 1 aliphatic rings. The number of pyridine rings is 1. The van der Waals surface area contributed by atoms with E-state index in [1.807, 2.05) is 0 Å².